The summed E-state index contributed by atoms with van der Waals surface area (Å²) in [6, 6.07) is 0. The van der Waals surface area contributed by atoms with Crippen LogP contribution in [0.15, 0.2) is 22.5 Å². The molecule has 22 heavy (non-hydrogen) atoms. The van der Waals surface area contributed by atoms with Gasteiger partial charge in [-0.25, -0.2) is 9.59 Å². The first kappa shape index (κ1) is 15.7. The summed E-state index contributed by atoms with van der Waals surface area (Å²) >= 11 is 0. The van der Waals surface area contributed by atoms with Gasteiger partial charge in [-0.3, -0.25) is 9.59 Å². The quantitative estimate of drug-likeness (QED) is 0.516. The van der Waals surface area contributed by atoms with E-state index in [9.17, 15) is 19.2 Å². The van der Waals surface area contributed by atoms with E-state index in [1.165, 1.54) is 14.1 Å². The number of likely N-dealkylation sites (N-methyl/N-ethyl adjacent to an activating group) is 2. The van der Waals surface area contributed by atoms with Crippen LogP contribution in [0.2, 0.25) is 0 Å². The lowest BCUT2D eigenvalue weighted by molar-refractivity contribution is -0.141. The molecule has 0 N–H and O–H groups in total. The van der Waals surface area contributed by atoms with E-state index in [-0.39, 0.29) is 35.8 Å². The van der Waals surface area contributed by atoms with E-state index in [0.29, 0.717) is 0 Å². The van der Waals surface area contributed by atoms with Crippen LogP contribution in [0.5, 0.6) is 0 Å². The second-order valence-corrected chi connectivity index (χ2v) is 4.62. The van der Waals surface area contributed by atoms with E-state index in [0.717, 1.165) is 9.80 Å². The maximum Gasteiger partial charge on any atom is 0.346 e. The SMILES string of the molecule is CCOC(=O)C1=C2C(=C(C(=O)OCC)C(=O)N2C)N(C)C1=O. The molecule has 2 aliphatic heterocycles. The molecule has 0 aromatic heterocycles. The second kappa shape index (κ2) is 5.63. The van der Waals surface area contributed by atoms with E-state index in [2.05, 4.69) is 0 Å². The Morgan fingerprint density at radius 2 is 1.14 bits per heavy atom. The summed E-state index contributed by atoms with van der Waals surface area (Å²) in [4.78, 5) is 50.7. The number of fused-ring (bicyclic) bond motifs is 1. The summed E-state index contributed by atoms with van der Waals surface area (Å²) in [5.74, 6) is -2.89. The highest BCUT2D eigenvalue weighted by Gasteiger charge is 2.50. The van der Waals surface area contributed by atoms with Gasteiger partial charge in [0.15, 0.2) is 11.1 Å². The molecule has 2 rings (SSSR count). The maximum atomic E-state index is 12.3. The predicted octanol–water partition coefficient (Wildman–Crippen LogP) is -0.435. The second-order valence-electron chi connectivity index (χ2n) is 4.62. The maximum absolute atomic E-state index is 12.3. The Kier molecular flexibility index (Phi) is 4.03. The smallest absolute Gasteiger partial charge is 0.346 e. The number of esters is 2. The molecule has 0 aromatic rings. The highest BCUT2D eigenvalue weighted by Crippen LogP contribution is 2.39. The molecule has 0 aliphatic carbocycles. The van der Waals surface area contributed by atoms with Gasteiger partial charge in [-0.2, -0.15) is 0 Å². The van der Waals surface area contributed by atoms with Gasteiger partial charge < -0.3 is 19.3 Å². The average molecular weight is 308 g/mol. The molecule has 0 aromatic carbocycles. The fourth-order valence-electron chi connectivity index (χ4n) is 2.41. The van der Waals surface area contributed by atoms with E-state index in [1.807, 2.05) is 0 Å². The number of hydrogen-bond donors (Lipinski definition) is 0. The Hall–Kier alpha value is -2.64. The van der Waals surface area contributed by atoms with Crippen LogP contribution >= 0.6 is 0 Å². The van der Waals surface area contributed by atoms with Gasteiger partial charge in [0.2, 0.25) is 0 Å². The number of nitrogens with zero attached hydrogens (tertiary/aromatic N) is 2. The van der Waals surface area contributed by atoms with E-state index >= 15 is 0 Å². The largest absolute Gasteiger partial charge is 0.462 e. The fourth-order valence-corrected chi connectivity index (χ4v) is 2.41. The van der Waals surface area contributed by atoms with Crippen LogP contribution < -0.4 is 0 Å². The van der Waals surface area contributed by atoms with Crippen molar-refractivity contribution in [1.29, 1.82) is 0 Å². The first-order valence-corrected chi connectivity index (χ1v) is 6.76. The van der Waals surface area contributed by atoms with Crippen molar-refractivity contribution in [2.24, 2.45) is 0 Å². The van der Waals surface area contributed by atoms with Gasteiger partial charge in [-0.1, -0.05) is 0 Å². The highest BCUT2D eigenvalue weighted by atomic mass is 16.5. The van der Waals surface area contributed by atoms with Crippen molar-refractivity contribution in [3.05, 3.63) is 22.5 Å². The van der Waals surface area contributed by atoms with Crippen molar-refractivity contribution >= 4 is 23.8 Å². The van der Waals surface area contributed by atoms with Crippen molar-refractivity contribution in [2.75, 3.05) is 27.3 Å². The van der Waals surface area contributed by atoms with Crippen molar-refractivity contribution < 1.29 is 28.7 Å². The predicted molar refractivity (Wildman–Crippen MR) is 72.9 cm³/mol. The Labute approximate surface area is 126 Å². The first-order chi connectivity index (χ1) is 10.4. The molecule has 0 spiro atoms. The number of carbonyl (C=O) groups excluding carboxylic acids is 4. The zero-order valence-electron chi connectivity index (χ0n) is 12.8. The molecule has 0 radical (unpaired) electrons. The van der Waals surface area contributed by atoms with Crippen LogP contribution in [0.25, 0.3) is 0 Å². The molecule has 2 heterocycles. The molecule has 8 heteroatoms. The van der Waals surface area contributed by atoms with E-state index in [1.54, 1.807) is 13.8 Å². The molecule has 0 saturated heterocycles. The Morgan fingerprint density at radius 3 is 1.41 bits per heavy atom. The molecule has 0 fully saturated rings. The van der Waals surface area contributed by atoms with Gasteiger partial charge in [0.05, 0.1) is 24.6 Å². The number of rotatable bonds is 4. The topological polar surface area (TPSA) is 93.2 Å². The summed E-state index contributed by atoms with van der Waals surface area (Å²) in [7, 11) is 2.77. The molecule has 0 saturated carbocycles. The minimum absolute atomic E-state index is 0.0824. The number of ether oxygens (including phenoxy) is 2. The van der Waals surface area contributed by atoms with Crippen LogP contribution in [0, 0.1) is 0 Å². The van der Waals surface area contributed by atoms with Crippen LogP contribution in [0.4, 0.5) is 0 Å². The van der Waals surface area contributed by atoms with Gasteiger partial charge in [0.1, 0.15) is 0 Å². The average Bonchev–Trinajstić information content (AvgIpc) is 2.86. The summed E-state index contributed by atoms with van der Waals surface area (Å²) in [6.45, 7) is 3.40. The van der Waals surface area contributed by atoms with E-state index in [4.69, 9.17) is 9.47 Å². The number of carbonyl (C=O) groups is 4. The zero-order valence-corrected chi connectivity index (χ0v) is 12.8. The van der Waals surface area contributed by atoms with Gasteiger partial charge in [0, 0.05) is 14.1 Å². The third-order valence-corrected chi connectivity index (χ3v) is 3.36. The number of hydrogen-bond acceptors (Lipinski definition) is 6. The lowest BCUT2D eigenvalue weighted by Gasteiger charge is -2.12. The zero-order chi connectivity index (χ0) is 16.6. The van der Waals surface area contributed by atoms with Crippen LogP contribution in [0.3, 0.4) is 0 Å². The molecule has 0 unspecified atom stereocenters. The molecule has 2 amide bonds. The lowest BCUT2D eigenvalue weighted by atomic mass is 10.2. The monoisotopic (exact) mass is 308 g/mol. The Balaban J connectivity index is 2.63. The third-order valence-electron chi connectivity index (χ3n) is 3.36. The molecular formula is C14H16N2O6. The Morgan fingerprint density at radius 1 is 0.818 bits per heavy atom. The van der Waals surface area contributed by atoms with Crippen molar-refractivity contribution in [3.63, 3.8) is 0 Å². The summed E-state index contributed by atoms with van der Waals surface area (Å²) in [5.41, 5.74) is -0.345. The van der Waals surface area contributed by atoms with Crippen LogP contribution in [0.1, 0.15) is 13.8 Å². The van der Waals surface area contributed by atoms with E-state index < -0.39 is 23.8 Å². The molecule has 118 valence electrons. The molecular weight excluding hydrogens is 292 g/mol. The Bertz CT molecular complexity index is 590. The summed E-state index contributed by atoms with van der Waals surface area (Å²) in [6.07, 6.45) is 0. The lowest BCUT2D eigenvalue weighted by Crippen LogP contribution is -2.30. The standard InChI is InChI=1S/C14H16N2O6/c1-5-21-13(19)7-9-10(16(4)11(7)17)8(12(18)15(9)3)14(20)22-6-2/h5-6H2,1-4H3. The van der Waals surface area contributed by atoms with Gasteiger partial charge in [-0.15, -0.1) is 0 Å². The normalized spacial score (nSPS) is 17.5. The minimum atomic E-state index is -0.825. The summed E-state index contributed by atoms with van der Waals surface area (Å²) < 4.78 is 9.72. The third kappa shape index (κ3) is 2.07. The highest BCUT2D eigenvalue weighted by molar-refractivity contribution is 6.27. The van der Waals surface area contributed by atoms with Gasteiger partial charge >= 0.3 is 11.9 Å². The van der Waals surface area contributed by atoms with Crippen molar-refractivity contribution in [1.82, 2.24) is 9.80 Å². The van der Waals surface area contributed by atoms with Gasteiger partial charge in [0.25, 0.3) is 11.8 Å². The summed E-state index contributed by atoms with van der Waals surface area (Å²) in [5, 5.41) is 0. The fraction of sp³-hybridized carbons (Fsp3) is 0.429. The first-order valence-electron chi connectivity index (χ1n) is 6.76. The van der Waals surface area contributed by atoms with Crippen LogP contribution in [-0.2, 0) is 28.7 Å². The van der Waals surface area contributed by atoms with Crippen LogP contribution in [-0.4, -0.2) is 60.9 Å². The minimum Gasteiger partial charge on any atom is -0.462 e. The van der Waals surface area contributed by atoms with Crippen molar-refractivity contribution in [3.8, 4) is 0 Å². The van der Waals surface area contributed by atoms with Crippen molar-refractivity contribution in [2.45, 2.75) is 13.8 Å². The molecule has 2 aliphatic rings. The number of amides is 2. The molecule has 0 atom stereocenters. The van der Waals surface area contributed by atoms with Gasteiger partial charge in [-0.05, 0) is 13.8 Å². The molecule has 8 nitrogen and oxygen atoms in total. The molecule has 0 bridgehead atoms.